The molecule has 1 amide bonds. The number of aliphatic hydroxyl groups excluding tert-OH is 1. The maximum absolute atomic E-state index is 18.3. The van der Waals surface area contributed by atoms with Crippen LogP contribution in [0.5, 0.6) is 11.6 Å². The van der Waals surface area contributed by atoms with Gasteiger partial charge in [-0.2, -0.15) is 5.26 Å². The van der Waals surface area contributed by atoms with Crippen LogP contribution in [-0.4, -0.2) is 71.5 Å². The molecule has 4 aliphatic rings. The third kappa shape index (κ3) is 8.53. The predicted octanol–water partition coefficient (Wildman–Crippen LogP) is 9.71. The number of ether oxygens (including phenoxy) is 3. The lowest BCUT2D eigenvalue weighted by Crippen LogP contribution is -2.54. The van der Waals surface area contributed by atoms with Crippen molar-refractivity contribution in [1.82, 2.24) is 9.88 Å². The third-order valence-electron chi connectivity index (χ3n) is 12.1. The van der Waals surface area contributed by atoms with Gasteiger partial charge in [-0.1, -0.05) is 30.8 Å². The number of carbonyl (C=O) groups is 2. The number of rotatable bonds is 12. The second kappa shape index (κ2) is 16.5. The van der Waals surface area contributed by atoms with Crippen LogP contribution in [0.2, 0.25) is 0 Å². The van der Waals surface area contributed by atoms with Crippen molar-refractivity contribution >= 4 is 39.4 Å². The van der Waals surface area contributed by atoms with Crippen LogP contribution in [0.1, 0.15) is 91.2 Å². The largest absolute Gasteiger partial charge is 0.476 e. The fraction of sp³-hybridized carbons (Fsp3) is 0.500. The zero-order chi connectivity index (χ0) is 42.4. The Morgan fingerprint density at radius 1 is 1.07 bits per heavy atom. The highest BCUT2D eigenvalue weighted by Crippen LogP contribution is 2.55. The molecule has 0 radical (unpaired) electrons. The van der Waals surface area contributed by atoms with Crippen LogP contribution in [-0.2, 0) is 22.4 Å². The van der Waals surface area contributed by atoms with Crippen molar-refractivity contribution in [2.24, 2.45) is 17.3 Å². The van der Waals surface area contributed by atoms with Crippen molar-refractivity contribution in [2.75, 3.05) is 31.7 Å². The van der Waals surface area contributed by atoms with Gasteiger partial charge in [0, 0.05) is 41.4 Å². The van der Waals surface area contributed by atoms with Gasteiger partial charge in [-0.05, 0) is 151 Å². The Kier molecular flexibility index (Phi) is 11.8. The Hall–Kier alpha value is -5.05. The number of halogens is 1. The van der Waals surface area contributed by atoms with E-state index in [1.54, 1.807) is 37.8 Å². The molecular formula is C48H57FN4O6. The topological polar surface area (TPSA) is 125 Å². The number of nitrogens with zero attached hydrogens (tertiary/aromatic N) is 4. The molecule has 2 heterocycles. The molecule has 1 aromatic heterocycles. The number of fused-ring (bicyclic) bond motifs is 3. The van der Waals surface area contributed by atoms with Crippen molar-refractivity contribution in [2.45, 2.75) is 111 Å². The molecule has 4 aromatic rings. The highest BCUT2D eigenvalue weighted by molar-refractivity contribution is 6.07. The van der Waals surface area contributed by atoms with E-state index in [1.165, 1.54) is 0 Å². The van der Waals surface area contributed by atoms with E-state index in [9.17, 15) is 20.0 Å². The maximum atomic E-state index is 18.3. The smallest absolute Gasteiger partial charge is 0.415 e. The zero-order valence-electron chi connectivity index (χ0n) is 35.5. The highest BCUT2D eigenvalue weighted by Gasteiger charge is 2.53. The number of carbonyl (C=O) groups excluding carboxylic acids is 2. The minimum Gasteiger partial charge on any atom is -0.476 e. The fourth-order valence-corrected chi connectivity index (χ4v) is 9.08. The summed E-state index contributed by atoms with van der Waals surface area (Å²) in [6.45, 7) is 15.8. The Bertz CT molecular complexity index is 2320. The van der Waals surface area contributed by atoms with Gasteiger partial charge in [-0.25, -0.2) is 14.2 Å². The van der Waals surface area contributed by atoms with Crippen molar-refractivity contribution in [3.8, 4) is 28.8 Å². The Morgan fingerprint density at radius 3 is 2.42 bits per heavy atom. The molecule has 10 nitrogen and oxygen atoms in total. The quantitative estimate of drug-likeness (QED) is 0.0847. The van der Waals surface area contributed by atoms with Gasteiger partial charge in [0.05, 0.1) is 23.8 Å². The number of esters is 1. The van der Waals surface area contributed by atoms with E-state index in [-0.39, 0.29) is 79.1 Å². The van der Waals surface area contributed by atoms with Gasteiger partial charge in [0.25, 0.3) is 0 Å². The lowest BCUT2D eigenvalue weighted by atomic mass is 9.76. The summed E-state index contributed by atoms with van der Waals surface area (Å²) in [4.78, 5) is 36.9. The van der Waals surface area contributed by atoms with Crippen LogP contribution in [0.3, 0.4) is 0 Å². The number of likely N-dealkylation sites (tertiary alicyclic amines) is 1. The average molecular weight is 805 g/mol. The fourth-order valence-electron chi connectivity index (χ4n) is 9.08. The van der Waals surface area contributed by atoms with Crippen molar-refractivity contribution in [1.29, 1.82) is 5.26 Å². The zero-order valence-corrected chi connectivity index (χ0v) is 35.5. The summed E-state index contributed by atoms with van der Waals surface area (Å²) in [6, 6.07) is 15.0. The van der Waals surface area contributed by atoms with Gasteiger partial charge in [-0.3, -0.25) is 9.69 Å². The number of nitriles is 1. The summed E-state index contributed by atoms with van der Waals surface area (Å²) in [7, 11) is 2.05. The van der Waals surface area contributed by atoms with Crippen LogP contribution in [0.4, 0.5) is 14.9 Å². The number of pyridine rings is 1. The number of anilines is 1. The van der Waals surface area contributed by atoms with Crippen LogP contribution in [0.25, 0.3) is 32.8 Å². The number of aryl methyl sites for hydroxylation is 1. The van der Waals surface area contributed by atoms with Gasteiger partial charge in [0.1, 0.15) is 23.5 Å². The van der Waals surface area contributed by atoms with Crippen molar-refractivity contribution < 1.29 is 33.3 Å². The van der Waals surface area contributed by atoms with Gasteiger partial charge in [0.2, 0.25) is 5.88 Å². The molecule has 3 aromatic carbocycles. The number of hydrogen-bond acceptors (Lipinski definition) is 9. The van der Waals surface area contributed by atoms with Crippen LogP contribution < -0.4 is 14.4 Å². The number of aliphatic hydroxyl groups is 1. The number of likely N-dealkylation sites (N-methyl/N-ethyl adjacent to an activating group) is 1. The molecule has 1 N–H and O–H groups in total. The van der Waals surface area contributed by atoms with E-state index < -0.39 is 28.9 Å². The molecule has 59 heavy (non-hydrogen) atoms. The lowest BCUT2D eigenvalue weighted by Gasteiger charge is -2.45. The van der Waals surface area contributed by atoms with Crippen LogP contribution >= 0.6 is 0 Å². The first-order chi connectivity index (χ1) is 28.0. The molecule has 1 aliphatic heterocycles. The van der Waals surface area contributed by atoms with Gasteiger partial charge in [-0.15, -0.1) is 0 Å². The molecule has 4 fully saturated rings. The van der Waals surface area contributed by atoms with Crippen molar-refractivity contribution in [3.05, 3.63) is 71.6 Å². The number of benzene rings is 3. The summed E-state index contributed by atoms with van der Waals surface area (Å²) in [5.41, 5.74) is 1.02. The molecular weight excluding hydrogens is 748 g/mol. The SMILES string of the molecule is C=C(CO)Cc1c(OC[C@@H]2CCCN2C)nc2c(F)c(-c3cc(OC(=O)C(C)(C)C)cc4ccccc34)c(CCC#N)cc2c1N(C(=O)OC(C)(C)C)C1C2CCC1C2. The average Bonchev–Trinajstić information content (AvgIpc) is 3.93. The summed E-state index contributed by atoms with van der Waals surface area (Å²) in [6.07, 6.45) is 4.70. The molecule has 1 saturated heterocycles. The lowest BCUT2D eigenvalue weighted by molar-refractivity contribution is -0.142. The molecule has 0 spiro atoms. The first kappa shape index (κ1) is 42.1. The molecule has 8 rings (SSSR count). The Labute approximate surface area is 346 Å². The molecule has 11 heteroatoms. The first-order valence-electron chi connectivity index (χ1n) is 20.9. The second-order valence-electron chi connectivity index (χ2n) is 18.7. The standard InChI is InChI=1S/C48H57FN4O6/c1-28(26-54)21-38-43(53(46(56)59-48(5,6)7)42-31-17-18-32(42)22-31)37-24-30(14-11-19-50)39(40(49)41(37)51-44(38)57-27-33-15-12-20-52(33)8)36-25-34(58-45(55)47(2,3)4)23-29-13-9-10-16-35(29)36/h9-10,13,16,23-25,31-33,42,54H,1,11-12,14-15,17-18,20-22,26-27H2,2-8H3/t31?,32?,33-,42?/m0/s1. The van der Waals surface area contributed by atoms with Crippen LogP contribution in [0, 0.1) is 34.4 Å². The number of aromatic nitrogens is 1. The Morgan fingerprint density at radius 2 is 1.80 bits per heavy atom. The van der Waals surface area contributed by atoms with Gasteiger partial charge in [0.15, 0.2) is 5.82 Å². The second-order valence-corrected chi connectivity index (χ2v) is 18.7. The van der Waals surface area contributed by atoms with E-state index in [0.29, 0.717) is 33.3 Å². The number of amides is 1. The van der Waals surface area contributed by atoms with E-state index in [0.717, 1.165) is 49.4 Å². The minimum absolute atomic E-state index is 0.00903. The summed E-state index contributed by atoms with van der Waals surface area (Å²) < 4.78 is 37.0. The van der Waals surface area contributed by atoms with E-state index >= 15 is 4.39 Å². The molecule has 3 aliphatic carbocycles. The molecule has 312 valence electrons. The molecule has 2 unspecified atom stereocenters. The molecule has 3 saturated carbocycles. The van der Waals surface area contributed by atoms with E-state index in [1.807, 2.05) is 51.1 Å². The normalized spacial score (nSPS) is 20.3. The third-order valence-corrected chi connectivity index (χ3v) is 12.1. The van der Waals surface area contributed by atoms with E-state index in [4.69, 9.17) is 19.2 Å². The monoisotopic (exact) mass is 804 g/mol. The van der Waals surface area contributed by atoms with E-state index in [2.05, 4.69) is 24.6 Å². The van der Waals surface area contributed by atoms with Crippen LogP contribution in [0.15, 0.2) is 54.6 Å². The first-order valence-corrected chi connectivity index (χ1v) is 20.9. The molecule has 2 bridgehead atoms. The van der Waals surface area contributed by atoms with Gasteiger partial charge < -0.3 is 24.2 Å². The minimum atomic E-state index is -0.832. The summed E-state index contributed by atoms with van der Waals surface area (Å²) >= 11 is 0. The summed E-state index contributed by atoms with van der Waals surface area (Å²) in [5, 5.41) is 22.1. The van der Waals surface area contributed by atoms with Crippen molar-refractivity contribution in [3.63, 3.8) is 0 Å². The maximum Gasteiger partial charge on any atom is 0.415 e. The highest BCUT2D eigenvalue weighted by atomic mass is 19.1. The molecule has 3 atom stereocenters. The van der Waals surface area contributed by atoms with Gasteiger partial charge >= 0.3 is 12.1 Å². The number of hydrogen-bond donors (Lipinski definition) is 1. The Balaban J connectivity index is 1.56. The predicted molar refractivity (Wildman–Crippen MR) is 228 cm³/mol. The summed E-state index contributed by atoms with van der Waals surface area (Å²) in [5.74, 6) is -0.210.